The van der Waals surface area contributed by atoms with Crippen molar-refractivity contribution in [2.75, 3.05) is 19.8 Å². The zero-order valence-corrected chi connectivity index (χ0v) is 11.6. The number of nitrogens with one attached hydrogen (secondary N) is 1. The predicted octanol–water partition coefficient (Wildman–Crippen LogP) is 0.461. The van der Waals surface area contributed by atoms with Gasteiger partial charge < -0.3 is 14.6 Å². The van der Waals surface area contributed by atoms with Gasteiger partial charge in [-0.05, 0) is 25.1 Å². The SMILES string of the molecule is CCOc1ccc(S(=O)(=O)NC2COC2)cc1C(=O)O. The molecule has 8 heteroatoms. The molecule has 1 saturated heterocycles. The van der Waals surface area contributed by atoms with Gasteiger partial charge >= 0.3 is 5.97 Å². The fourth-order valence-corrected chi connectivity index (χ4v) is 2.95. The van der Waals surface area contributed by atoms with Crippen LogP contribution in [0.2, 0.25) is 0 Å². The smallest absolute Gasteiger partial charge is 0.339 e. The number of sulfonamides is 1. The lowest BCUT2D eigenvalue weighted by molar-refractivity contribution is 0.00482. The molecule has 1 fully saturated rings. The minimum Gasteiger partial charge on any atom is -0.493 e. The van der Waals surface area contributed by atoms with Crippen molar-refractivity contribution >= 4 is 16.0 Å². The molecule has 0 aliphatic carbocycles. The van der Waals surface area contributed by atoms with Crippen LogP contribution in [0.5, 0.6) is 5.75 Å². The molecule has 1 aliphatic rings. The number of benzene rings is 1. The van der Waals surface area contributed by atoms with Gasteiger partial charge in [-0.2, -0.15) is 0 Å². The van der Waals surface area contributed by atoms with E-state index in [1.54, 1.807) is 6.92 Å². The lowest BCUT2D eigenvalue weighted by Crippen LogP contribution is -2.48. The zero-order chi connectivity index (χ0) is 14.8. The van der Waals surface area contributed by atoms with Gasteiger partial charge in [-0.3, -0.25) is 0 Å². The van der Waals surface area contributed by atoms with E-state index in [0.717, 1.165) is 6.07 Å². The second-order valence-corrected chi connectivity index (χ2v) is 5.97. The Morgan fingerprint density at radius 1 is 1.50 bits per heavy atom. The zero-order valence-electron chi connectivity index (χ0n) is 10.8. The minimum absolute atomic E-state index is 0.106. The highest BCUT2D eigenvalue weighted by atomic mass is 32.2. The molecule has 0 saturated carbocycles. The third-order valence-corrected chi connectivity index (χ3v) is 4.27. The number of carbonyl (C=O) groups is 1. The Balaban J connectivity index is 2.32. The van der Waals surface area contributed by atoms with Crippen molar-refractivity contribution < 1.29 is 27.8 Å². The summed E-state index contributed by atoms with van der Waals surface area (Å²) < 4.78 is 36.6. The third kappa shape index (κ3) is 3.09. The van der Waals surface area contributed by atoms with Gasteiger partial charge in [0.15, 0.2) is 0 Å². The lowest BCUT2D eigenvalue weighted by Gasteiger charge is -2.26. The third-order valence-electron chi connectivity index (χ3n) is 2.75. The van der Waals surface area contributed by atoms with Gasteiger partial charge in [0.25, 0.3) is 0 Å². The lowest BCUT2D eigenvalue weighted by atomic mass is 10.2. The first-order valence-corrected chi connectivity index (χ1v) is 7.52. The van der Waals surface area contributed by atoms with Crippen LogP contribution < -0.4 is 9.46 Å². The molecule has 2 rings (SSSR count). The first-order valence-electron chi connectivity index (χ1n) is 6.04. The number of hydrogen-bond donors (Lipinski definition) is 2. The summed E-state index contributed by atoms with van der Waals surface area (Å²) in [6.45, 7) is 2.66. The topological polar surface area (TPSA) is 102 Å². The van der Waals surface area contributed by atoms with Crippen LogP contribution in [0.25, 0.3) is 0 Å². The number of hydrogen-bond acceptors (Lipinski definition) is 5. The van der Waals surface area contributed by atoms with Crippen molar-refractivity contribution in [3.05, 3.63) is 23.8 Å². The van der Waals surface area contributed by atoms with E-state index in [2.05, 4.69) is 4.72 Å². The molecule has 7 nitrogen and oxygen atoms in total. The summed E-state index contributed by atoms with van der Waals surface area (Å²) >= 11 is 0. The fourth-order valence-electron chi connectivity index (χ4n) is 1.72. The van der Waals surface area contributed by atoms with Crippen LogP contribution in [0.4, 0.5) is 0 Å². The standard InChI is InChI=1S/C12H15NO6S/c1-2-19-11-4-3-9(5-10(11)12(14)15)20(16,17)13-8-6-18-7-8/h3-5,8,13H,2,6-7H2,1H3,(H,14,15). The molecular weight excluding hydrogens is 286 g/mol. The molecule has 2 N–H and O–H groups in total. The first kappa shape index (κ1) is 14.8. The Kier molecular flexibility index (Phi) is 4.26. The quantitative estimate of drug-likeness (QED) is 0.791. The second-order valence-electron chi connectivity index (χ2n) is 4.25. The highest BCUT2D eigenvalue weighted by Gasteiger charge is 2.26. The molecule has 0 radical (unpaired) electrons. The van der Waals surface area contributed by atoms with Gasteiger partial charge in [0, 0.05) is 0 Å². The van der Waals surface area contributed by atoms with Gasteiger partial charge in [-0.1, -0.05) is 0 Å². The summed E-state index contributed by atoms with van der Waals surface area (Å²) in [6, 6.07) is 3.49. The van der Waals surface area contributed by atoms with Gasteiger partial charge in [0.05, 0.1) is 30.8 Å². The Hall–Kier alpha value is -1.64. The Morgan fingerprint density at radius 2 is 2.20 bits per heavy atom. The fraction of sp³-hybridized carbons (Fsp3) is 0.417. The molecule has 110 valence electrons. The van der Waals surface area contributed by atoms with Crippen LogP contribution in [-0.2, 0) is 14.8 Å². The van der Waals surface area contributed by atoms with Crippen LogP contribution in [0.15, 0.2) is 23.1 Å². The van der Waals surface area contributed by atoms with Crippen LogP contribution in [0, 0.1) is 0 Å². The molecule has 1 aromatic rings. The van der Waals surface area contributed by atoms with Gasteiger partial charge in [0.1, 0.15) is 11.3 Å². The van der Waals surface area contributed by atoms with E-state index in [4.69, 9.17) is 14.6 Å². The van der Waals surface area contributed by atoms with Crippen molar-refractivity contribution in [3.63, 3.8) is 0 Å². The Labute approximate surface area is 116 Å². The number of rotatable bonds is 6. The normalized spacial score (nSPS) is 15.7. The minimum atomic E-state index is -3.76. The van der Waals surface area contributed by atoms with Gasteiger partial charge in [0.2, 0.25) is 10.0 Å². The molecule has 20 heavy (non-hydrogen) atoms. The summed E-state index contributed by atoms with van der Waals surface area (Å²) in [6.07, 6.45) is 0. The Bertz CT molecular complexity index is 608. The summed E-state index contributed by atoms with van der Waals surface area (Å²) in [4.78, 5) is 11.0. The van der Waals surface area contributed by atoms with E-state index >= 15 is 0 Å². The highest BCUT2D eigenvalue weighted by Crippen LogP contribution is 2.23. The molecule has 0 spiro atoms. The highest BCUT2D eigenvalue weighted by molar-refractivity contribution is 7.89. The van der Waals surface area contributed by atoms with Crippen molar-refractivity contribution in [3.8, 4) is 5.75 Å². The van der Waals surface area contributed by atoms with Crippen molar-refractivity contribution in [1.82, 2.24) is 4.72 Å². The second kappa shape index (κ2) is 5.78. The number of aromatic carboxylic acids is 1. The number of carboxylic acid groups (broad SMARTS) is 1. The monoisotopic (exact) mass is 301 g/mol. The van der Waals surface area contributed by atoms with Gasteiger partial charge in [-0.15, -0.1) is 0 Å². The molecule has 0 atom stereocenters. The maximum absolute atomic E-state index is 12.1. The van der Waals surface area contributed by atoms with E-state index in [9.17, 15) is 13.2 Å². The van der Waals surface area contributed by atoms with E-state index in [-0.39, 0.29) is 22.3 Å². The predicted molar refractivity (Wildman–Crippen MR) is 69.5 cm³/mol. The average molecular weight is 301 g/mol. The van der Waals surface area contributed by atoms with E-state index in [0.29, 0.717) is 19.8 Å². The Morgan fingerprint density at radius 3 is 2.70 bits per heavy atom. The summed E-state index contributed by atoms with van der Waals surface area (Å²) in [5.41, 5.74) is -0.181. The largest absolute Gasteiger partial charge is 0.493 e. The average Bonchev–Trinajstić information content (AvgIpc) is 2.34. The van der Waals surface area contributed by atoms with Crippen molar-refractivity contribution in [1.29, 1.82) is 0 Å². The van der Waals surface area contributed by atoms with Crippen molar-refractivity contribution in [2.24, 2.45) is 0 Å². The van der Waals surface area contributed by atoms with Crippen LogP contribution in [-0.4, -0.2) is 45.4 Å². The van der Waals surface area contributed by atoms with Crippen LogP contribution in [0.3, 0.4) is 0 Å². The summed E-state index contributed by atoms with van der Waals surface area (Å²) in [5, 5.41) is 9.11. The molecule has 0 aromatic heterocycles. The first-order chi connectivity index (χ1) is 9.44. The number of ether oxygens (including phenoxy) is 2. The van der Waals surface area contributed by atoms with Crippen LogP contribution >= 0.6 is 0 Å². The van der Waals surface area contributed by atoms with Gasteiger partial charge in [-0.25, -0.2) is 17.9 Å². The molecule has 1 aromatic carbocycles. The van der Waals surface area contributed by atoms with E-state index in [1.807, 2.05) is 0 Å². The summed E-state index contributed by atoms with van der Waals surface area (Å²) in [7, 11) is -3.76. The maximum atomic E-state index is 12.1. The molecular formula is C12H15NO6S. The molecule has 0 unspecified atom stereocenters. The summed E-state index contributed by atoms with van der Waals surface area (Å²) in [5.74, 6) is -1.09. The molecule has 0 bridgehead atoms. The van der Waals surface area contributed by atoms with E-state index in [1.165, 1.54) is 12.1 Å². The molecule has 0 amide bonds. The molecule has 1 aliphatic heterocycles. The van der Waals surface area contributed by atoms with Crippen molar-refractivity contribution in [2.45, 2.75) is 17.9 Å². The number of carboxylic acids is 1. The van der Waals surface area contributed by atoms with E-state index < -0.39 is 16.0 Å². The van der Waals surface area contributed by atoms with Crippen LogP contribution in [0.1, 0.15) is 17.3 Å². The maximum Gasteiger partial charge on any atom is 0.339 e. The molecule has 1 heterocycles.